The molecule has 2 N–H and O–H groups in total. The maximum atomic E-state index is 6.12. The van der Waals surface area contributed by atoms with Gasteiger partial charge in [0.2, 0.25) is 0 Å². The molecule has 2 aromatic heterocycles. The SMILES string of the molecule is CCC[C@@H]1Cc2c(sc3nc(SC)nc(N)c23)CO1. The molecule has 6 heteroatoms. The lowest BCUT2D eigenvalue weighted by atomic mass is 10.0. The molecule has 1 aliphatic heterocycles. The average Bonchev–Trinajstić information content (AvgIpc) is 2.77. The van der Waals surface area contributed by atoms with Gasteiger partial charge in [-0.05, 0) is 18.2 Å². The highest BCUT2D eigenvalue weighted by atomic mass is 32.2. The van der Waals surface area contributed by atoms with Gasteiger partial charge in [0, 0.05) is 11.3 Å². The molecule has 19 heavy (non-hydrogen) atoms. The number of thioether (sulfide) groups is 1. The second-order valence-electron chi connectivity index (χ2n) is 4.71. The Morgan fingerprint density at radius 3 is 3.05 bits per heavy atom. The van der Waals surface area contributed by atoms with Crippen molar-refractivity contribution >= 4 is 39.1 Å². The van der Waals surface area contributed by atoms with E-state index in [1.807, 2.05) is 6.26 Å². The second kappa shape index (κ2) is 5.26. The number of thiophene rings is 1. The van der Waals surface area contributed by atoms with E-state index < -0.39 is 0 Å². The van der Waals surface area contributed by atoms with Crippen LogP contribution in [0.25, 0.3) is 10.2 Å². The molecule has 102 valence electrons. The molecular formula is C13H17N3OS2. The minimum absolute atomic E-state index is 0.315. The van der Waals surface area contributed by atoms with Crippen LogP contribution in [-0.4, -0.2) is 22.3 Å². The van der Waals surface area contributed by atoms with Gasteiger partial charge >= 0.3 is 0 Å². The summed E-state index contributed by atoms with van der Waals surface area (Å²) < 4.78 is 5.89. The molecule has 4 nitrogen and oxygen atoms in total. The highest BCUT2D eigenvalue weighted by Crippen LogP contribution is 2.38. The summed E-state index contributed by atoms with van der Waals surface area (Å²) in [6, 6.07) is 0. The van der Waals surface area contributed by atoms with Gasteiger partial charge in [-0.3, -0.25) is 0 Å². The van der Waals surface area contributed by atoms with E-state index in [9.17, 15) is 0 Å². The first-order valence-electron chi connectivity index (χ1n) is 6.46. The van der Waals surface area contributed by atoms with Crippen molar-refractivity contribution in [2.24, 2.45) is 0 Å². The molecule has 1 atom stereocenters. The van der Waals surface area contributed by atoms with E-state index in [1.165, 1.54) is 22.2 Å². The fourth-order valence-corrected chi connectivity index (χ4v) is 4.08. The molecule has 0 saturated carbocycles. The Morgan fingerprint density at radius 2 is 2.32 bits per heavy atom. The van der Waals surface area contributed by atoms with Gasteiger partial charge in [-0.25, -0.2) is 9.97 Å². The molecule has 0 aliphatic carbocycles. The molecule has 0 spiro atoms. The first-order valence-corrected chi connectivity index (χ1v) is 8.50. The Hall–Kier alpha value is -0.850. The number of nitrogens with zero attached hydrogens (tertiary/aromatic N) is 2. The largest absolute Gasteiger partial charge is 0.383 e. The van der Waals surface area contributed by atoms with Crippen molar-refractivity contribution in [1.82, 2.24) is 9.97 Å². The molecule has 3 heterocycles. The summed E-state index contributed by atoms with van der Waals surface area (Å²) in [4.78, 5) is 11.2. The Labute approximate surface area is 120 Å². The fourth-order valence-electron chi connectivity index (χ4n) is 2.52. The summed E-state index contributed by atoms with van der Waals surface area (Å²) in [5, 5.41) is 1.80. The van der Waals surface area contributed by atoms with E-state index in [4.69, 9.17) is 10.5 Å². The molecule has 0 amide bonds. The van der Waals surface area contributed by atoms with E-state index >= 15 is 0 Å². The molecule has 0 unspecified atom stereocenters. The summed E-state index contributed by atoms with van der Waals surface area (Å²) in [5.74, 6) is 0.615. The number of fused-ring (bicyclic) bond motifs is 3. The highest BCUT2D eigenvalue weighted by Gasteiger charge is 2.25. The molecule has 0 aromatic carbocycles. The van der Waals surface area contributed by atoms with Crippen LogP contribution in [0.15, 0.2) is 5.16 Å². The number of anilines is 1. The van der Waals surface area contributed by atoms with Crippen LogP contribution in [0.2, 0.25) is 0 Å². The van der Waals surface area contributed by atoms with Gasteiger partial charge < -0.3 is 10.5 Å². The molecule has 2 aromatic rings. The summed E-state index contributed by atoms with van der Waals surface area (Å²) in [6.45, 7) is 2.88. The predicted octanol–water partition coefficient (Wildman–Crippen LogP) is 3.24. The van der Waals surface area contributed by atoms with E-state index in [1.54, 1.807) is 11.3 Å². The Balaban J connectivity index is 2.08. The third kappa shape index (κ3) is 2.32. The van der Waals surface area contributed by atoms with Gasteiger partial charge in [-0.15, -0.1) is 11.3 Å². The van der Waals surface area contributed by atoms with Gasteiger partial charge in [0.25, 0.3) is 0 Å². The van der Waals surface area contributed by atoms with Crippen molar-refractivity contribution < 1.29 is 4.74 Å². The van der Waals surface area contributed by atoms with Crippen molar-refractivity contribution in [3.05, 3.63) is 10.4 Å². The van der Waals surface area contributed by atoms with Crippen molar-refractivity contribution in [3.63, 3.8) is 0 Å². The molecule has 0 radical (unpaired) electrons. The zero-order valence-corrected chi connectivity index (χ0v) is 12.7. The quantitative estimate of drug-likeness (QED) is 0.696. The third-order valence-electron chi connectivity index (χ3n) is 3.42. The van der Waals surface area contributed by atoms with Gasteiger partial charge in [-0.1, -0.05) is 25.1 Å². The average molecular weight is 295 g/mol. The number of aromatic nitrogens is 2. The summed E-state index contributed by atoms with van der Waals surface area (Å²) >= 11 is 3.22. The van der Waals surface area contributed by atoms with Crippen molar-refractivity contribution in [1.29, 1.82) is 0 Å². The second-order valence-corrected chi connectivity index (χ2v) is 6.56. The van der Waals surface area contributed by atoms with Crippen molar-refractivity contribution in [2.75, 3.05) is 12.0 Å². The lowest BCUT2D eigenvalue weighted by Crippen LogP contribution is -2.21. The monoisotopic (exact) mass is 295 g/mol. The van der Waals surface area contributed by atoms with Gasteiger partial charge in [0.1, 0.15) is 10.6 Å². The normalized spacial score (nSPS) is 18.7. The van der Waals surface area contributed by atoms with Gasteiger partial charge in [0.15, 0.2) is 5.16 Å². The number of nitrogens with two attached hydrogens (primary N) is 1. The minimum Gasteiger partial charge on any atom is -0.383 e. The van der Waals surface area contributed by atoms with Crippen molar-refractivity contribution in [3.8, 4) is 0 Å². The number of rotatable bonds is 3. The Morgan fingerprint density at radius 1 is 1.47 bits per heavy atom. The number of hydrogen-bond acceptors (Lipinski definition) is 6. The molecule has 3 rings (SSSR count). The number of ether oxygens (including phenoxy) is 1. The van der Waals surface area contributed by atoms with E-state index in [0.717, 1.165) is 34.6 Å². The van der Waals surface area contributed by atoms with Gasteiger partial charge in [0.05, 0.1) is 18.1 Å². The zero-order valence-electron chi connectivity index (χ0n) is 11.1. The first kappa shape index (κ1) is 13.1. The maximum absolute atomic E-state index is 6.12. The van der Waals surface area contributed by atoms with Gasteiger partial charge in [-0.2, -0.15) is 0 Å². The van der Waals surface area contributed by atoms with Crippen LogP contribution < -0.4 is 5.73 Å². The topological polar surface area (TPSA) is 61.0 Å². The van der Waals surface area contributed by atoms with Crippen LogP contribution in [0.4, 0.5) is 5.82 Å². The predicted molar refractivity (Wildman–Crippen MR) is 80.8 cm³/mol. The lowest BCUT2D eigenvalue weighted by Gasteiger charge is -2.22. The van der Waals surface area contributed by atoms with Crippen LogP contribution >= 0.6 is 23.1 Å². The van der Waals surface area contributed by atoms with Crippen molar-refractivity contribution in [2.45, 2.75) is 44.1 Å². The first-order chi connectivity index (χ1) is 9.22. The van der Waals surface area contributed by atoms with E-state index in [-0.39, 0.29) is 0 Å². The van der Waals surface area contributed by atoms with E-state index in [2.05, 4.69) is 16.9 Å². The molecule has 0 saturated heterocycles. The minimum atomic E-state index is 0.315. The molecule has 0 fully saturated rings. The van der Waals surface area contributed by atoms with E-state index in [0.29, 0.717) is 18.5 Å². The summed E-state index contributed by atoms with van der Waals surface area (Å²) in [6.07, 6.45) is 5.46. The number of nitrogen functional groups attached to an aromatic ring is 1. The highest BCUT2D eigenvalue weighted by molar-refractivity contribution is 7.98. The summed E-state index contributed by atoms with van der Waals surface area (Å²) in [7, 11) is 0. The number of hydrogen-bond donors (Lipinski definition) is 1. The summed E-state index contributed by atoms with van der Waals surface area (Å²) in [5.41, 5.74) is 7.44. The third-order valence-corrected chi connectivity index (χ3v) is 5.06. The van der Waals surface area contributed by atoms with Crippen LogP contribution in [0, 0.1) is 0 Å². The maximum Gasteiger partial charge on any atom is 0.190 e. The fraction of sp³-hybridized carbons (Fsp3) is 0.538. The smallest absolute Gasteiger partial charge is 0.190 e. The molecule has 1 aliphatic rings. The van der Waals surface area contributed by atoms with Crippen LogP contribution in [-0.2, 0) is 17.8 Å². The molecule has 0 bridgehead atoms. The molecular weight excluding hydrogens is 278 g/mol. The zero-order chi connectivity index (χ0) is 13.4. The lowest BCUT2D eigenvalue weighted by molar-refractivity contribution is 0.0254. The van der Waals surface area contributed by atoms with Crippen LogP contribution in [0.1, 0.15) is 30.2 Å². The van der Waals surface area contributed by atoms with Crippen LogP contribution in [0.3, 0.4) is 0 Å². The Kier molecular flexibility index (Phi) is 3.64. The van der Waals surface area contributed by atoms with Crippen LogP contribution in [0.5, 0.6) is 0 Å². The standard InChI is InChI=1S/C13H17N3OS2/c1-3-4-7-5-8-9(6-17-7)19-12-10(8)11(14)15-13(16-12)18-2/h7H,3-6H2,1-2H3,(H2,14,15,16)/t7-/m1/s1. The Bertz CT molecular complexity index is 611.